The molecule has 4 aromatic rings. The summed E-state index contributed by atoms with van der Waals surface area (Å²) in [5.74, 6) is 0.120. The lowest BCUT2D eigenvalue weighted by atomic mass is 10.1. The fourth-order valence-corrected chi connectivity index (χ4v) is 3.00. The Morgan fingerprint density at radius 3 is 2.75 bits per heavy atom. The van der Waals surface area contributed by atoms with Crippen molar-refractivity contribution in [2.75, 3.05) is 5.32 Å². The molecule has 0 fully saturated rings. The summed E-state index contributed by atoms with van der Waals surface area (Å²) in [5.41, 5.74) is 2.36. The van der Waals surface area contributed by atoms with Gasteiger partial charge >= 0.3 is 0 Å². The second kappa shape index (κ2) is 5.82. The zero-order valence-corrected chi connectivity index (χ0v) is 13.2. The summed E-state index contributed by atoms with van der Waals surface area (Å²) >= 11 is 1.36. The zero-order valence-electron chi connectivity index (χ0n) is 12.4. The molecule has 0 aliphatic rings. The molecule has 0 spiro atoms. The monoisotopic (exact) mass is 336 g/mol. The van der Waals surface area contributed by atoms with Crippen LogP contribution >= 0.6 is 11.3 Å². The minimum atomic E-state index is -0.209. The van der Waals surface area contributed by atoms with Crippen molar-refractivity contribution in [2.45, 2.75) is 0 Å². The summed E-state index contributed by atoms with van der Waals surface area (Å²) in [4.78, 5) is 17.0. The number of para-hydroxylation sites is 2. The summed E-state index contributed by atoms with van der Waals surface area (Å²) in [5, 5.41) is 14.9. The Bertz CT molecular complexity index is 989. The minimum absolute atomic E-state index is 0.00876. The van der Waals surface area contributed by atoms with Crippen LogP contribution in [0.2, 0.25) is 0 Å². The maximum atomic E-state index is 12.0. The predicted molar refractivity (Wildman–Crippen MR) is 93.4 cm³/mol. The second-order valence-corrected chi connectivity index (χ2v) is 6.10. The first-order chi connectivity index (χ1) is 11.7. The number of phenols is 1. The Labute approximate surface area is 141 Å². The molecule has 0 saturated heterocycles. The van der Waals surface area contributed by atoms with Crippen LogP contribution in [0.25, 0.3) is 22.6 Å². The highest BCUT2D eigenvalue weighted by molar-refractivity contribution is 7.12. The highest BCUT2D eigenvalue weighted by Gasteiger charge is 2.14. The van der Waals surface area contributed by atoms with Crippen molar-refractivity contribution in [1.29, 1.82) is 0 Å². The molecule has 2 aromatic heterocycles. The number of thiophene rings is 1. The molecule has 4 rings (SSSR count). The van der Waals surface area contributed by atoms with Crippen molar-refractivity contribution in [3.63, 3.8) is 0 Å². The van der Waals surface area contributed by atoms with Gasteiger partial charge in [-0.15, -0.1) is 11.3 Å². The Kier molecular flexibility index (Phi) is 3.51. The first-order valence-electron chi connectivity index (χ1n) is 7.24. The first-order valence-corrected chi connectivity index (χ1v) is 8.12. The van der Waals surface area contributed by atoms with Gasteiger partial charge in [-0.1, -0.05) is 18.2 Å². The van der Waals surface area contributed by atoms with Crippen molar-refractivity contribution in [3.05, 3.63) is 64.9 Å². The van der Waals surface area contributed by atoms with Crippen molar-refractivity contribution in [1.82, 2.24) is 4.98 Å². The van der Waals surface area contributed by atoms with Crippen LogP contribution < -0.4 is 5.32 Å². The second-order valence-electron chi connectivity index (χ2n) is 5.15. The Hall–Kier alpha value is -3.12. The van der Waals surface area contributed by atoms with Gasteiger partial charge in [0.1, 0.15) is 11.3 Å². The molecule has 2 aromatic carbocycles. The number of hydrogen-bond acceptors (Lipinski definition) is 5. The standard InChI is InChI=1S/C18H12N2O3S/c21-14-10-11(19-17(22)16-6-3-9-24-16)7-8-12(14)18-20-13-4-1-2-5-15(13)23-18/h1-10,21H,(H,19,22). The summed E-state index contributed by atoms with van der Waals surface area (Å²) in [6, 6.07) is 15.8. The maximum absolute atomic E-state index is 12.0. The smallest absolute Gasteiger partial charge is 0.265 e. The van der Waals surface area contributed by atoms with Crippen LogP contribution in [0.5, 0.6) is 5.75 Å². The van der Waals surface area contributed by atoms with Gasteiger partial charge in [-0.05, 0) is 35.7 Å². The summed E-state index contributed by atoms with van der Waals surface area (Å²) < 4.78 is 5.66. The summed E-state index contributed by atoms with van der Waals surface area (Å²) in [6.07, 6.45) is 0. The molecule has 0 atom stereocenters. The number of aromatic nitrogens is 1. The van der Waals surface area contributed by atoms with E-state index in [-0.39, 0.29) is 11.7 Å². The quantitative estimate of drug-likeness (QED) is 0.577. The zero-order chi connectivity index (χ0) is 16.5. The van der Waals surface area contributed by atoms with Gasteiger partial charge in [0.25, 0.3) is 5.91 Å². The van der Waals surface area contributed by atoms with Crippen molar-refractivity contribution < 1.29 is 14.3 Å². The highest BCUT2D eigenvalue weighted by Crippen LogP contribution is 2.33. The average Bonchev–Trinajstić information content (AvgIpc) is 3.24. The van der Waals surface area contributed by atoms with E-state index in [0.29, 0.717) is 27.6 Å². The molecular weight excluding hydrogens is 324 g/mol. The lowest BCUT2D eigenvalue weighted by Gasteiger charge is -2.06. The molecule has 2 N–H and O–H groups in total. The van der Waals surface area contributed by atoms with Gasteiger partial charge in [0.05, 0.1) is 10.4 Å². The number of amides is 1. The van der Waals surface area contributed by atoms with Gasteiger partial charge in [0.2, 0.25) is 5.89 Å². The number of benzene rings is 2. The fraction of sp³-hybridized carbons (Fsp3) is 0. The molecule has 24 heavy (non-hydrogen) atoms. The number of anilines is 1. The Morgan fingerprint density at radius 1 is 1.12 bits per heavy atom. The predicted octanol–water partition coefficient (Wildman–Crippen LogP) is 4.51. The molecule has 0 radical (unpaired) electrons. The summed E-state index contributed by atoms with van der Waals surface area (Å²) in [6.45, 7) is 0. The highest BCUT2D eigenvalue weighted by atomic mass is 32.1. The van der Waals surface area contributed by atoms with E-state index >= 15 is 0 Å². The maximum Gasteiger partial charge on any atom is 0.265 e. The van der Waals surface area contributed by atoms with Crippen LogP contribution in [0.15, 0.2) is 64.4 Å². The third kappa shape index (κ3) is 2.63. The van der Waals surface area contributed by atoms with E-state index in [4.69, 9.17) is 4.42 Å². The lowest BCUT2D eigenvalue weighted by Crippen LogP contribution is -2.09. The molecule has 0 unspecified atom stereocenters. The molecule has 0 aliphatic carbocycles. The van der Waals surface area contributed by atoms with Crippen LogP contribution in [0, 0.1) is 0 Å². The topological polar surface area (TPSA) is 75.4 Å². The number of rotatable bonds is 3. The third-order valence-corrected chi connectivity index (χ3v) is 4.39. The SMILES string of the molecule is O=C(Nc1ccc(-c2nc3ccccc3o2)c(O)c1)c1cccs1. The van der Waals surface area contributed by atoms with Crippen LogP contribution in [0.3, 0.4) is 0 Å². The van der Waals surface area contributed by atoms with Crippen LogP contribution in [-0.4, -0.2) is 16.0 Å². The fourth-order valence-electron chi connectivity index (χ4n) is 2.38. The largest absolute Gasteiger partial charge is 0.507 e. The molecule has 2 heterocycles. The van der Waals surface area contributed by atoms with E-state index in [1.807, 2.05) is 35.7 Å². The van der Waals surface area contributed by atoms with E-state index in [9.17, 15) is 9.90 Å². The number of hydrogen-bond donors (Lipinski definition) is 2. The number of aromatic hydroxyl groups is 1. The molecule has 0 aliphatic heterocycles. The summed E-state index contributed by atoms with van der Waals surface area (Å²) in [7, 11) is 0. The number of oxazole rings is 1. The van der Waals surface area contributed by atoms with Crippen molar-refractivity contribution >= 4 is 34.0 Å². The van der Waals surface area contributed by atoms with Gasteiger partial charge in [0.15, 0.2) is 5.58 Å². The van der Waals surface area contributed by atoms with Crippen LogP contribution in [0.1, 0.15) is 9.67 Å². The number of nitrogens with one attached hydrogen (secondary N) is 1. The molecule has 0 bridgehead atoms. The third-order valence-electron chi connectivity index (χ3n) is 3.52. The van der Waals surface area contributed by atoms with E-state index in [0.717, 1.165) is 5.52 Å². The van der Waals surface area contributed by atoms with Gasteiger partial charge in [0, 0.05) is 11.8 Å². The number of nitrogens with zero attached hydrogens (tertiary/aromatic N) is 1. The van der Waals surface area contributed by atoms with E-state index in [1.54, 1.807) is 18.2 Å². The van der Waals surface area contributed by atoms with Crippen molar-refractivity contribution in [2.24, 2.45) is 0 Å². The molecular formula is C18H12N2O3S. The Balaban J connectivity index is 1.63. The normalized spacial score (nSPS) is 10.8. The number of fused-ring (bicyclic) bond motifs is 1. The minimum Gasteiger partial charge on any atom is -0.507 e. The molecule has 6 heteroatoms. The van der Waals surface area contributed by atoms with E-state index in [2.05, 4.69) is 10.3 Å². The van der Waals surface area contributed by atoms with Gasteiger partial charge in [-0.25, -0.2) is 4.98 Å². The van der Waals surface area contributed by atoms with E-state index in [1.165, 1.54) is 17.4 Å². The number of phenolic OH excluding ortho intramolecular Hbond substituents is 1. The van der Waals surface area contributed by atoms with Crippen LogP contribution in [-0.2, 0) is 0 Å². The first kappa shape index (κ1) is 14.5. The van der Waals surface area contributed by atoms with Gasteiger partial charge < -0.3 is 14.8 Å². The lowest BCUT2D eigenvalue weighted by molar-refractivity contribution is 0.103. The Morgan fingerprint density at radius 2 is 2.00 bits per heavy atom. The molecule has 0 saturated carbocycles. The van der Waals surface area contributed by atoms with Crippen molar-refractivity contribution in [3.8, 4) is 17.2 Å². The van der Waals surface area contributed by atoms with E-state index < -0.39 is 0 Å². The number of carbonyl (C=O) groups excluding carboxylic acids is 1. The molecule has 5 nitrogen and oxygen atoms in total. The molecule has 118 valence electrons. The van der Waals surface area contributed by atoms with Gasteiger partial charge in [-0.2, -0.15) is 0 Å². The average molecular weight is 336 g/mol. The molecule has 1 amide bonds. The van der Waals surface area contributed by atoms with Crippen LogP contribution in [0.4, 0.5) is 5.69 Å². The number of carbonyl (C=O) groups is 1. The van der Waals surface area contributed by atoms with Gasteiger partial charge in [-0.3, -0.25) is 4.79 Å².